The predicted octanol–water partition coefficient (Wildman–Crippen LogP) is 5.47. The number of primary amides is 1. The lowest BCUT2D eigenvalue weighted by atomic mass is 10.1. The van der Waals surface area contributed by atoms with Crippen molar-refractivity contribution in [2.75, 3.05) is 5.32 Å². The maximum Gasteiger partial charge on any atom is 0.433 e. The minimum atomic E-state index is -4.76. The largest absolute Gasteiger partial charge is 0.471 e. The van der Waals surface area contributed by atoms with Gasteiger partial charge in [-0.25, -0.2) is 9.67 Å². The van der Waals surface area contributed by atoms with E-state index >= 15 is 0 Å². The molecule has 4 heterocycles. The van der Waals surface area contributed by atoms with Crippen LogP contribution in [0.4, 0.5) is 18.9 Å². The third-order valence-electron chi connectivity index (χ3n) is 5.52. The lowest BCUT2D eigenvalue weighted by molar-refractivity contribution is -0.140. The third-order valence-corrected chi connectivity index (χ3v) is 6.62. The lowest BCUT2D eigenvalue weighted by Gasteiger charge is -2.10. The minimum Gasteiger partial charge on any atom is -0.471 e. The van der Waals surface area contributed by atoms with Crippen molar-refractivity contribution in [3.63, 3.8) is 0 Å². The number of carbonyl (C=O) groups excluding carboxylic acids is 2. The third kappa shape index (κ3) is 4.83. The number of aromatic nitrogens is 3. The van der Waals surface area contributed by atoms with Crippen LogP contribution in [0.3, 0.4) is 0 Å². The number of amides is 2. The summed E-state index contributed by atoms with van der Waals surface area (Å²) in [7, 11) is 0. The van der Waals surface area contributed by atoms with E-state index in [1.54, 1.807) is 6.07 Å². The second kappa shape index (κ2) is 9.67. The second-order valence-corrected chi connectivity index (χ2v) is 9.11. The van der Waals surface area contributed by atoms with Gasteiger partial charge in [0.05, 0.1) is 12.0 Å². The van der Waals surface area contributed by atoms with Crippen LogP contribution in [0.15, 0.2) is 65.4 Å². The Morgan fingerprint density at radius 1 is 1.18 bits per heavy atom. The number of thiophene rings is 1. The number of nitrogens with zero attached hydrogens (tertiary/aromatic N) is 3. The number of alkyl halides is 3. The summed E-state index contributed by atoms with van der Waals surface area (Å²) in [5.74, 6) is -0.919. The lowest BCUT2D eigenvalue weighted by Crippen LogP contribution is -2.18. The van der Waals surface area contributed by atoms with Crippen LogP contribution in [0.1, 0.15) is 31.4 Å². The maximum atomic E-state index is 13.6. The van der Waals surface area contributed by atoms with E-state index in [2.05, 4.69) is 15.4 Å². The second-order valence-electron chi connectivity index (χ2n) is 8.11. The Hall–Kier alpha value is -4.65. The first-order valence-electron chi connectivity index (χ1n) is 11.0. The fourth-order valence-electron chi connectivity index (χ4n) is 3.75. The number of aryl methyl sites for hydroxylation is 1. The van der Waals surface area contributed by atoms with E-state index in [1.165, 1.54) is 35.3 Å². The average Bonchev–Trinajstić information content (AvgIpc) is 3.63. The number of para-hydroxylation sites is 1. The predicted molar refractivity (Wildman–Crippen MR) is 133 cm³/mol. The van der Waals surface area contributed by atoms with Gasteiger partial charge in [-0.05, 0) is 42.8 Å². The molecule has 5 aromatic rings. The van der Waals surface area contributed by atoms with Gasteiger partial charge in [-0.3, -0.25) is 9.59 Å². The van der Waals surface area contributed by atoms with Crippen LogP contribution < -0.4 is 15.8 Å². The van der Waals surface area contributed by atoms with Gasteiger partial charge in [0.15, 0.2) is 12.4 Å². The molecule has 0 saturated carbocycles. The molecule has 0 fully saturated rings. The zero-order valence-electron chi connectivity index (χ0n) is 19.6. The molecule has 0 aliphatic carbocycles. The van der Waals surface area contributed by atoms with E-state index in [0.717, 1.165) is 11.6 Å². The van der Waals surface area contributed by atoms with Crippen molar-refractivity contribution in [1.29, 1.82) is 0 Å². The summed E-state index contributed by atoms with van der Waals surface area (Å²) >= 11 is 0.636. The highest BCUT2D eigenvalue weighted by Gasteiger charge is 2.35. The molecule has 38 heavy (non-hydrogen) atoms. The van der Waals surface area contributed by atoms with Gasteiger partial charge in [-0.2, -0.15) is 18.3 Å². The molecule has 5 rings (SSSR count). The van der Waals surface area contributed by atoms with Gasteiger partial charge in [-0.15, -0.1) is 11.3 Å². The topological polar surface area (TPSA) is 125 Å². The van der Waals surface area contributed by atoms with Crippen LogP contribution >= 0.6 is 11.3 Å². The minimum absolute atomic E-state index is 0.0106. The molecule has 0 spiro atoms. The van der Waals surface area contributed by atoms with Crippen molar-refractivity contribution < 1.29 is 31.9 Å². The van der Waals surface area contributed by atoms with Gasteiger partial charge in [0.2, 0.25) is 0 Å². The Morgan fingerprint density at radius 2 is 1.97 bits per heavy atom. The summed E-state index contributed by atoms with van der Waals surface area (Å²) in [4.78, 5) is 28.7. The number of anilines is 1. The number of hydrogen-bond donors (Lipinski definition) is 2. The Bertz CT molecular complexity index is 1660. The number of halogens is 3. The number of hydrogen-bond acceptors (Lipinski definition) is 7. The number of rotatable bonds is 7. The first kappa shape index (κ1) is 25.0. The summed E-state index contributed by atoms with van der Waals surface area (Å²) < 4.78 is 53.1. The quantitative estimate of drug-likeness (QED) is 0.282. The molecular weight excluding hydrogens is 523 g/mol. The molecule has 4 aromatic heterocycles. The molecule has 194 valence electrons. The first-order valence-corrected chi connectivity index (χ1v) is 11.8. The molecule has 0 atom stereocenters. The Balaban J connectivity index is 1.50. The average molecular weight is 542 g/mol. The molecule has 9 nitrogen and oxygen atoms in total. The Labute approximate surface area is 216 Å². The number of nitrogens with two attached hydrogens (primary N) is 1. The number of furan rings is 1. The number of benzene rings is 1. The Morgan fingerprint density at radius 3 is 2.66 bits per heavy atom. The van der Waals surface area contributed by atoms with Crippen molar-refractivity contribution in [1.82, 2.24) is 14.8 Å². The van der Waals surface area contributed by atoms with Crippen LogP contribution in [0.5, 0.6) is 5.75 Å². The smallest absolute Gasteiger partial charge is 0.433 e. The zero-order chi connectivity index (χ0) is 27.0. The van der Waals surface area contributed by atoms with Crippen molar-refractivity contribution in [3.05, 3.63) is 82.8 Å². The van der Waals surface area contributed by atoms with Crippen molar-refractivity contribution in [2.24, 2.45) is 5.73 Å². The van der Waals surface area contributed by atoms with E-state index in [1.807, 2.05) is 25.1 Å². The molecule has 0 radical (unpaired) electrons. The number of carbonyl (C=O) groups is 2. The van der Waals surface area contributed by atoms with Crippen LogP contribution in [0.25, 0.3) is 21.5 Å². The molecule has 1 aromatic carbocycles. The molecule has 13 heteroatoms. The number of fused-ring (bicyclic) bond motifs is 1. The first-order chi connectivity index (χ1) is 18.1. The summed E-state index contributed by atoms with van der Waals surface area (Å²) in [5, 5.41) is 6.86. The van der Waals surface area contributed by atoms with Gasteiger partial charge in [0.1, 0.15) is 26.9 Å². The molecule has 0 unspecified atom stereocenters. The highest BCUT2D eigenvalue weighted by Crippen LogP contribution is 2.43. The summed E-state index contributed by atoms with van der Waals surface area (Å²) in [6.45, 7) is 1.92. The number of pyridine rings is 1. The van der Waals surface area contributed by atoms with E-state index in [0.29, 0.717) is 17.1 Å². The fraction of sp³-hybridized carbons (Fsp3) is 0.120. The molecule has 0 saturated heterocycles. The van der Waals surface area contributed by atoms with Gasteiger partial charge in [0, 0.05) is 17.1 Å². The monoisotopic (exact) mass is 541 g/mol. The van der Waals surface area contributed by atoms with E-state index in [4.69, 9.17) is 14.9 Å². The van der Waals surface area contributed by atoms with Gasteiger partial charge >= 0.3 is 6.18 Å². The van der Waals surface area contributed by atoms with E-state index < -0.39 is 23.7 Å². The highest BCUT2D eigenvalue weighted by atomic mass is 32.1. The Kier molecular flexibility index (Phi) is 6.36. The molecule has 0 bridgehead atoms. The molecule has 0 aliphatic rings. The summed E-state index contributed by atoms with van der Waals surface area (Å²) in [5.41, 5.74) is 5.14. The van der Waals surface area contributed by atoms with E-state index in [9.17, 15) is 22.8 Å². The molecule has 3 N–H and O–H groups in total. The standard InChI is InChI=1S/C25H18F3N5O4S/c1-13-5-2-3-6-16(13)37-12-33-9-8-15(32-33)23(35)31-20-19-14(17-7-4-10-36-17)11-18(25(26,27)28)30-24(19)38-21(20)22(29)34/h2-11H,12H2,1H3,(H2,29,34)(H,31,35). The van der Waals surface area contributed by atoms with E-state index in [-0.39, 0.29) is 44.5 Å². The van der Waals surface area contributed by atoms with Gasteiger partial charge < -0.3 is 20.2 Å². The van der Waals surface area contributed by atoms with Gasteiger partial charge in [0.25, 0.3) is 11.8 Å². The van der Waals surface area contributed by atoms with Crippen LogP contribution in [-0.2, 0) is 12.9 Å². The van der Waals surface area contributed by atoms with Crippen molar-refractivity contribution in [3.8, 4) is 17.1 Å². The highest BCUT2D eigenvalue weighted by molar-refractivity contribution is 7.21. The molecule has 2 amide bonds. The molecular formula is C25H18F3N5O4S. The molecule has 0 aliphatic heterocycles. The van der Waals surface area contributed by atoms with Crippen LogP contribution in [0, 0.1) is 6.92 Å². The number of nitrogens with one attached hydrogen (secondary N) is 1. The summed E-state index contributed by atoms with van der Waals surface area (Å²) in [6.07, 6.45) is -1.94. The normalized spacial score (nSPS) is 11.6. The fourth-order valence-corrected chi connectivity index (χ4v) is 4.76. The maximum absolute atomic E-state index is 13.6. The van der Waals surface area contributed by atoms with Crippen LogP contribution in [0.2, 0.25) is 0 Å². The van der Waals surface area contributed by atoms with Crippen molar-refractivity contribution in [2.45, 2.75) is 19.8 Å². The van der Waals surface area contributed by atoms with Crippen molar-refractivity contribution >= 4 is 39.1 Å². The van der Waals surface area contributed by atoms with Crippen LogP contribution in [-0.4, -0.2) is 26.6 Å². The zero-order valence-corrected chi connectivity index (χ0v) is 20.4. The SMILES string of the molecule is Cc1ccccc1OCn1ccc(C(=O)Nc2c(C(N)=O)sc3nc(C(F)(F)F)cc(-c4ccco4)c23)n1. The number of ether oxygens (including phenoxy) is 1. The summed E-state index contributed by atoms with van der Waals surface area (Å²) in [6, 6.07) is 12.6. The van der Waals surface area contributed by atoms with Gasteiger partial charge in [-0.1, -0.05) is 18.2 Å².